The number of esters is 2. The van der Waals surface area contributed by atoms with Gasteiger partial charge in [-0.3, -0.25) is 9.59 Å². The van der Waals surface area contributed by atoms with Crippen LogP contribution in [0.25, 0.3) is 0 Å². The maximum Gasteiger partial charge on any atom is 0.310 e. The summed E-state index contributed by atoms with van der Waals surface area (Å²) in [6.45, 7) is 7.91. The molecule has 1 aliphatic carbocycles. The first-order valence-corrected chi connectivity index (χ1v) is 10.6. The Labute approximate surface area is 170 Å². The van der Waals surface area contributed by atoms with E-state index in [1.807, 2.05) is 36.5 Å². The SMILES string of the molecule is C=CCCC/C=C/COC(=O)C1CCCCC1C(=O)OC/C=C/CCCC=C. The molecular formula is C24H36O4. The molecule has 0 aliphatic heterocycles. The monoisotopic (exact) mass is 388 g/mol. The van der Waals surface area contributed by atoms with Gasteiger partial charge in [-0.05, 0) is 51.4 Å². The van der Waals surface area contributed by atoms with E-state index in [-0.39, 0.29) is 37.0 Å². The molecule has 0 amide bonds. The van der Waals surface area contributed by atoms with Gasteiger partial charge in [-0.25, -0.2) is 0 Å². The van der Waals surface area contributed by atoms with Gasteiger partial charge in [0.25, 0.3) is 0 Å². The summed E-state index contributed by atoms with van der Waals surface area (Å²) in [5.74, 6) is -1.33. The van der Waals surface area contributed by atoms with Crippen LogP contribution in [0.5, 0.6) is 0 Å². The number of ether oxygens (including phenoxy) is 2. The first-order chi connectivity index (χ1) is 13.7. The summed E-state index contributed by atoms with van der Waals surface area (Å²) in [6, 6.07) is 0. The lowest BCUT2D eigenvalue weighted by atomic mass is 9.79. The molecule has 0 saturated heterocycles. The van der Waals surface area contributed by atoms with Gasteiger partial charge in [0.2, 0.25) is 0 Å². The van der Waals surface area contributed by atoms with Gasteiger partial charge < -0.3 is 9.47 Å². The minimum atomic E-state index is -0.382. The average Bonchev–Trinajstić information content (AvgIpc) is 2.72. The van der Waals surface area contributed by atoms with Crippen LogP contribution in [0.15, 0.2) is 49.6 Å². The molecule has 0 aromatic heterocycles. The normalized spacial score (nSPS) is 19.6. The molecule has 0 spiro atoms. The zero-order valence-electron chi connectivity index (χ0n) is 17.2. The summed E-state index contributed by atoms with van der Waals surface area (Å²) in [6.07, 6.45) is 20.8. The molecule has 156 valence electrons. The van der Waals surface area contributed by atoms with Crippen LogP contribution in [0, 0.1) is 11.8 Å². The topological polar surface area (TPSA) is 52.6 Å². The van der Waals surface area contributed by atoms with Crippen molar-refractivity contribution in [1.29, 1.82) is 0 Å². The molecule has 0 N–H and O–H groups in total. The molecule has 1 rings (SSSR count). The van der Waals surface area contributed by atoms with Gasteiger partial charge in [0.15, 0.2) is 0 Å². The van der Waals surface area contributed by atoms with Crippen molar-refractivity contribution in [3.63, 3.8) is 0 Å². The minimum Gasteiger partial charge on any atom is -0.461 e. The van der Waals surface area contributed by atoms with E-state index in [4.69, 9.17) is 9.47 Å². The van der Waals surface area contributed by atoms with Crippen molar-refractivity contribution >= 4 is 11.9 Å². The summed E-state index contributed by atoms with van der Waals surface area (Å²) in [4.78, 5) is 24.9. The van der Waals surface area contributed by atoms with Crippen LogP contribution < -0.4 is 0 Å². The highest BCUT2D eigenvalue weighted by atomic mass is 16.5. The van der Waals surface area contributed by atoms with E-state index in [1.165, 1.54) is 0 Å². The lowest BCUT2D eigenvalue weighted by Crippen LogP contribution is -2.35. The first-order valence-electron chi connectivity index (χ1n) is 10.6. The third kappa shape index (κ3) is 10.3. The van der Waals surface area contributed by atoms with Crippen LogP contribution in [0.1, 0.15) is 64.2 Å². The Kier molecular flexibility index (Phi) is 13.6. The highest BCUT2D eigenvalue weighted by Gasteiger charge is 2.37. The molecule has 0 heterocycles. The highest BCUT2D eigenvalue weighted by molar-refractivity contribution is 5.82. The Hall–Kier alpha value is -2.10. The van der Waals surface area contributed by atoms with Gasteiger partial charge in [0.1, 0.15) is 13.2 Å². The van der Waals surface area contributed by atoms with Crippen molar-refractivity contribution in [2.75, 3.05) is 13.2 Å². The summed E-state index contributed by atoms with van der Waals surface area (Å²) in [5, 5.41) is 0. The lowest BCUT2D eigenvalue weighted by molar-refractivity contribution is -0.161. The van der Waals surface area contributed by atoms with Crippen LogP contribution in [0.2, 0.25) is 0 Å². The lowest BCUT2D eigenvalue weighted by Gasteiger charge is -2.28. The molecule has 0 bridgehead atoms. The van der Waals surface area contributed by atoms with Crippen LogP contribution in [-0.2, 0) is 19.1 Å². The van der Waals surface area contributed by atoms with Gasteiger partial charge in [0, 0.05) is 0 Å². The van der Waals surface area contributed by atoms with Gasteiger partial charge in [-0.1, -0.05) is 49.3 Å². The maximum absolute atomic E-state index is 12.4. The van der Waals surface area contributed by atoms with Crippen LogP contribution >= 0.6 is 0 Å². The number of carbonyl (C=O) groups excluding carboxylic acids is 2. The van der Waals surface area contributed by atoms with Crippen LogP contribution in [0.3, 0.4) is 0 Å². The zero-order valence-corrected chi connectivity index (χ0v) is 17.2. The van der Waals surface area contributed by atoms with Crippen LogP contribution in [-0.4, -0.2) is 25.2 Å². The van der Waals surface area contributed by atoms with E-state index in [1.54, 1.807) is 0 Å². The Balaban J connectivity index is 2.36. The molecule has 28 heavy (non-hydrogen) atoms. The molecule has 4 heteroatoms. The fourth-order valence-electron chi connectivity index (χ4n) is 3.30. The zero-order chi connectivity index (χ0) is 20.5. The predicted octanol–water partition coefficient (Wildman–Crippen LogP) is 5.70. The van der Waals surface area contributed by atoms with Gasteiger partial charge in [-0.2, -0.15) is 0 Å². The van der Waals surface area contributed by atoms with E-state index in [0.717, 1.165) is 51.4 Å². The van der Waals surface area contributed by atoms with Crippen molar-refractivity contribution in [3.8, 4) is 0 Å². The Bertz CT molecular complexity index is 485. The Morgan fingerprint density at radius 2 is 1.14 bits per heavy atom. The average molecular weight is 389 g/mol. The van der Waals surface area contributed by atoms with Crippen molar-refractivity contribution in [3.05, 3.63) is 49.6 Å². The second-order valence-corrected chi connectivity index (χ2v) is 7.14. The molecule has 4 nitrogen and oxygen atoms in total. The highest BCUT2D eigenvalue weighted by Crippen LogP contribution is 2.32. The second kappa shape index (κ2) is 15.9. The number of hydrogen-bond acceptors (Lipinski definition) is 4. The van der Waals surface area contributed by atoms with Gasteiger partial charge in [-0.15, -0.1) is 13.2 Å². The second-order valence-electron chi connectivity index (χ2n) is 7.14. The Morgan fingerprint density at radius 1 is 0.714 bits per heavy atom. The molecule has 1 fully saturated rings. The molecule has 0 aromatic carbocycles. The fraction of sp³-hybridized carbons (Fsp3) is 0.583. The molecule has 0 aromatic rings. The molecule has 2 atom stereocenters. The molecule has 1 aliphatic rings. The third-order valence-corrected chi connectivity index (χ3v) is 4.91. The number of carbonyl (C=O) groups is 2. The summed E-state index contributed by atoms with van der Waals surface area (Å²) in [5.41, 5.74) is 0. The molecule has 1 saturated carbocycles. The van der Waals surface area contributed by atoms with E-state index in [0.29, 0.717) is 12.8 Å². The third-order valence-electron chi connectivity index (χ3n) is 4.91. The fourth-order valence-corrected chi connectivity index (χ4v) is 3.30. The molecular weight excluding hydrogens is 352 g/mol. The number of hydrogen-bond donors (Lipinski definition) is 0. The summed E-state index contributed by atoms with van der Waals surface area (Å²) >= 11 is 0. The van der Waals surface area contributed by atoms with E-state index in [2.05, 4.69) is 13.2 Å². The van der Waals surface area contributed by atoms with E-state index < -0.39 is 0 Å². The van der Waals surface area contributed by atoms with Crippen LogP contribution in [0.4, 0.5) is 0 Å². The number of rotatable bonds is 14. The van der Waals surface area contributed by atoms with E-state index in [9.17, 15) is 9.59 Å². The first kappa shape index (κ1) is 23.9. The summed E-state index contributed by atoms with van der Waals surface area (Å²) < 4.78 is 10.7. The molecule has 0 radical (unpaired) electrons. The standard InChI is InChI=1S/C24H36O4/c1-3-5-7-9-11-15-19-27-23(25)21-17-13-14-18-22(21)24(26)28-20-16-12-10-8-6-4-2/h3-4,11-12,15-16,21-22H,1-2,5-10,13-14,17-20H2/b15-11+,16-12+. The van der Waals surface area contributed by atoms with Crippen molar-refractivity contribution in [2.24, 2.45) is 11.8 Å². The quantitative estimate of drug-likeness (QED) is 0.217. The van der Waals surface area contributed by atoms with Crippen molar-refractivity contribution < 1.29 is 19.1 Å². The maximum atomic E-state index is 12.4. The smallest absolute Gasteiger partial charge is 0.310 e. The molecule has 2 unspecified atom stereocenters. The number of allylic oxidation sites excluding steroid dienone is 4. The minimum absolute atomic E-state index is 0.263. The van der Waals surface area contributed by atoms with E-state index >= 15 is 0 Å². The Morgan fingerprint density at radius 3 is 1.54 bits per heavy atom. The largest absolute Gasteiger partial charge is 0.461 e. The van der Waals surface area contributed by atoms with Gasteiger partial charge in [0.05, 0.1) is 11.8 Å². The number of unbranched alkanes of at least 4 members (excludes halogenated alkanes) is 4. The summed E-state index contributed by atoms with van der Waals surface area (Å²) in [7, 11) is 0. The predicted molar refractivity (Wildman–Crippen MR) is 114 cm³/mol. The van der Waals surface area contributed by atoms with Crippen molar-refractivity contribution in [2.45, 2.75) is 64.2 Å². The van der Waals surface area contributed by atoms with Crippen molar-refractivity contribution in [1.82, 2.24) is 0 Å². The van der Waals surface area contributed by atoms with Gasteiger partial charge >= 0.3 is 11.9 Å².